The molecule has 0 aromatic carbocycles. The molecule has 0 bridgehead atoms. The van der Waals surface area contributed by atoms with Crippen LogP contribution >= 0.6 is 15.9 Å². The van der Waals surface area contributed by atoms with Crippen molar-refractivity contribution in [1.82, 2.24) is 5.32 Å². The van der Waals surface area contributed by atoms with Gasteiger partial charge in [0.25, 0.3) is 5.91 Å². The third kappa shape index (κ3) is 2.57. The van der Waals surface area contributed by atoms with Crippen molar-refractivity contribution in [2.75, 3.05) is 6.54 Å². The minimum absolute atomic E-state index is 0.0514. The van der Waals surface area contributed by atoms with Crippen molar-refractivity contribution in [3.63, 3.8) is 0 Å². The van der Waals surface area contributed by atoms with E-state index in [0.29, 0.717) is 11.0 Å². The number of hydrogen-bond acceptors (Lipinski definition) is 3. The zero-order valence-electron chi connectivity index (χ0n) is 7.21. The molecule has 1 aromatic heterocycles. The van der Waals surface area contributed by atoms with Crippen LogP contribution in [-0.4, -0.2) is 18.5 Å². The van der Waals surface area contributed by atoms with Gasteiger partial charge in [-0.25, -0.2) is 0 Å². The minimum atomic E-state index is -0.255. The third-order valence-corrected chi connectivity index (χ3v) is 2.18. The number of carbonyl (C=O) groups excluding carboxylic acids is 1. The molecule has 13 heavy (non-hydrogen) atoms. The zero-order chi connectivity index (χ0) is 9.84. The van der Waals surface area contributed by atoms with Crippen molar-refractivity contribution in [1.29, 1.82) is 0 Å². The number of nitrogens with one attached hydrogen (secondary N) is 1. The van der Waals surface area contributed by atoms with E-state index in [1.165, 1.54) is 6.26 Å². The predicted molar refractivity (Wildman–Crippen MR) is 52.4 cm³/mol. The first kappa shape index (κ1) is 10.3. The molecule has 0 aliphatic heterocycles. The molecule has 72 valence electrons. The van der Waals surface area contributed by atoms with Crippen LogP contribution in [0.2, 0.25) is 0 Å². The Kier molecular flexibility index (Phi) is 3.50. The summed E-state index contributed by atoms with van der Waals surface area (Å²) in [6, 6.07) is 1.62. The highest BCUT2D eigenvalue weighted by molar-refractivity contribution is 9.10. The van der Waals surface area contributed by atoms with Gasteiger partial charge in [0.15, 0.2) is 0 Å². The number of nitrogens with two attached hydrogens (primary N) is 1. The molecule has 0 aliphatic rings. The van der Waals surface area contributed by atoms with Crippen molar-refractivity contribution >= 4 is 21.8 Å². The number of rotatable bonds is 3. The number of furan rings is 1. The number of amides is 1. The summed E-state index contributed by atoms with van der Waals surface area (Å²) in [5, 5.41) is 2.69. The quantitative estimate of drug-likeness (QED) is 0.840. The van der Waals surface area contributed by atoms with Crippen molar-refractivity contribution in [3.8, 4) is 0 Å². The molecule has 0 aliphatic carbocycles. The highest BCUT2D eigenvalue weighted by Crippen LogP contribution is 2.17. The van der Waals surface area contributed by atoms with Crippen LogP contribution in [-0.2, 0) is 0 Å². The molecular weight excluding hydrogens is 236 g/mol. The Morgan fingerprint density at radius 3 is 3.00 bits per heavy atom. The summed E-state index contributed by atoms with van der Waals surface area (Å²) in [5.41, 5.74) is 5.35. The molecule has 3 N–H and O–H groups in total. The summed E-state index contributed by atoms with van der Waals surface area (Å²) in [6.07, 6.45) is 1.45. The average Bonchev–Trinajstić information content (AvgIpc) is 2.51. The molecule has 0 spiro atoms. The fourth-order valence-electron chi connectivity index (χ4n) is 0.804. The Morgan fingerprint density at radius 1 is 1.85 bits per heavy atom. The van der Waals surface area contributed by atoms with E-state index in [0.717, 1.165) is 0 Å². The first-order valence-corrected chi connectivity index (χ1v) is 4.68. The molecule has 1 amide bonds. The van der Waals surface area contributed by atoms with Gasteiger partial charge in [-0.15, -0.1) is 0 Å². The van der Waals surface area contributed by atoms with Gasteiger partial charge in [0, 0.05) is 12.6 Å². The molecule has 0 unspecified atom stereocenters. The number of halogens is 1. The van der Waals surface area contributed by atoms with Crippen LogP contribution in [0.1, 0.15) is 17.5 Å². The maximum Gasteiger partial charge on any atom is 0.288 e. The molecule has 1 aromatic rings. The molecule has 1 rings (SSSR count). The van der Waals surface area contributed by atoms with E-state index >= 15 is 0 Å². The molecule has 0 saturated carbocycles. The molecule has 0 saturated heterocycles. The lowest BCUT2D eigenvalue weighted by Gasteiger charge is -2.09. The molecule has 0 radical (unpaired) electrons. The van der Waals surface area contributed by atoms with Crippen LogP contribution in [0, 0.1) is 0 Å². The molecule has 1 heterocycles. The maximum atomic E-state index is 11.4. The zero-order valence-corrected chi connectivity index (χ0v) is 8.80. The second-order valence-corrected chi connectivity index (χ2v) is 3.56. The summed E-state index contributed by atoms with van der Waals surface area (Å²) in [4.78, 5) is 11.4. The fraction of sp³-hybridized carbons (Fsp3) is 0.375. The maximum absolute atomic E-state index is 11.4. The molecular formula is C8H11BrN2O2. The van der Waals surface area contributed by atoms with Gasteiger partial charge in [-0.3, -0.25) is 4.79 Å². The highest BCUT2D eigenvalue weighted by atomic mass is 79.9. The van der Waals surface area contributed by atoms with Crippen LogP contribution in [0.4, 0.5) is 0 Å². The van der Waals surface area contributed by atoms with E-state index in [9.17, 15) is 4.79 Å². The van der Waals surface area contributed by atoms with E-state index < -0.39 is 0 Å². The van der Waals surface area contributed by atoms with Crippen LogP contribution in [0.15, 0.2) is 21.2 Å². The van der Waals surface area contributed by atoms with Crippen molar-refractivity contribution in [2.45, 2.75) is 13.0 Å². The second-order valence-electron chi connectivity index (χ2n) is 2.71. The monoisotopic (exact) mass is 246 g/mol. The lowest BCUT2D eigenvalue weighted by atomic mass is 10.3. The van der Waals surface area contributed by atoms with E-state index in [-0.39, 0.29) is 17.7 Å². The first-order valence-electron chi connectivity index (χ1n) is 3.89. The normalized spacial score (nSPS) is 12.5. The Morgan fingerprint density at radius 2 is 2.54 bits per heavy atom. The van der Waals surface area contributed by atoms with Crippen molar-refractivity contribution in [2.24, 2.45) is 5.73 Å². The summed E-state index contributed by atoms with van der Waals surface area (Å²) in [5.74, 6) is 0.0233. The van der Waals surface area contributed by atoms with Gasteiger partial charge in [-0.1, -0.05) is 0 Å². The average molecular weight is 247 g/mol. The smallest absolute Gasteiger partial charge is 0.288 e. The number of carbonyl (C=O) groups is 1. The van der Waals surface area contributed by atoms with Gasteiger partial charge < -0.3 is 15.5 Å². The topological polar surface area (TPSA) is 68.3 Å². The molecule has 0 fully saturated rings. The Balaban J connectivity index is 2.64. The standard InChI is InChI=1S/C8H11BrN2O2/c1-5(4-10)11-8(12)7-6(9)2-3-13-7/h2-3,5H,4,10H2,1H3,(H,11,12)/t5-/m1/s1. The van der Waals surface area contributed by atoms with Gasteiger partial charge in [-0.2, -0.15) is 0 Å². The van der Waals surface area contributed by atoms with Gasteiger partial charge in [-0.05, 0) is 28.9 Å². The van der Waals surface area contributed by atoms with E-state index in [1.807, 2.05) is 6.92 Å². The van der Waals surface area contributed by atoms with Crippen LogP contribution < -0.4 is 11.1 Å². The fourth-order valence-corrected chi connectivity index (χ4v) is 1.19. The Labute approximate surface area is 84.6 Å². The lowest BCUT2D eigenvalue weighted by molar-refractivity contribution is 0.0912. The van der Waals surface area contributed by atoms with Crippen LogP contribution in [0.25, 0.3) is 0 Å². The predicted octanol–water partition coefficient (Wildman–Crippen LogP) is 1.12. The van der Waals surface area contributed by atoms with E-state index in [4.69, 9.17) is 10.2 Å². The second kappa shape index (κ2) is 4.43. The summed E-state index contributed by atoms with van der Waals surface area (Å²) in [7, 11) is 0. The van der Waals surface area contributed by atoms with Crippen LogP contribution in [0.5, 0.6) is 0 Å². The largest absolute Gasteiger partial charge is 0.458 e. The summed E-state index contributed by atoms with van der Waals surface area (Å²) < 4.78 is 5.62. The SMILES string of the molecule is C[C@H](CN)NC(=O)c1occc1Br. The first-order chi connectivity index (χ1) is 6.15. The molecule has 1 atom stereocenters. The van der Waals surface area contributed by atoms with Crippen molar-refractivity contribution in [3.05, 3.63) is 22.6 Å². The highest BCUT2D eigenvalue weighted by Gasteiger charge is 2.14. The van der Waals surface area contributed by atoms with E-state index in [2.05, 4.69) is 21.2 Å². The van der Waals surface area contributed by atoms with Crippen molar-refractivity contribution < 1.29 is 9.21 Å². The van der Waals surface area contributed by atoms with Gasteiger partial charge in [0.05, 0.1) is 10.7 Å². The Bertz CT molecular complexity index is 298. The van der Waals surface area contributed by atoms with E-state index in [1.54, 1.807) is 6.07 Å². The Hall–Kier alpha value is -0.810. The summed E-state index contributed by atoms with van der Waals surface area (Å²) >= 11 is 3.19. The number of hydrogen-bond donors (Lipinski definition) is 2. The summed E-state index contributed by atoms with van der Waals surface area (Å²) in [6.45, 7) is 2.23. The van der Waals surface area contributed by atoms with Crippen LogP contribution in [0.3, 0.4) is 0 Å². The minimum Gasteiger partial charge on any atom is -0.458 e. The molecule has 4 nitrogen and oxygen atoms in total. The van der Waals surface area contributed by atoms with Gasteiger partial charge >= 0.3 is 0 Å². The third-order valence-electron chi connectivity index (χ3n) is 1.55. The lowest BCUT2D eigenvalue weighted by Crippen LogP contribution is -2.37. The van der Waals surface area contributed by atoms with Gasteiger partial charge in [0.1, 0.15) is 0 Å². The molecule has 5 heteroatoms. The van der Waals surface area contributed by atoms with Gasteiger partial charge in [0.2, 0.25) is 5.76 Å².